The summed E-state index contributed by atoms with van der Waals surface area (Å²) in [5, 5.41) is 12.1. The van der Waals surface area contributed by atoms with E-state index in [1.165, 1.54) is 5.56 Å². The zero-order valence-electron chi connectivity index (χ0n) is 12.8. The van der Waals surface area contributed by atoms with Crippen LogP contribution in [0.4, 0.5) is 0 Å². The Labute approximate surface area is 138 Å². The third-order valence-electron chi connectivity index (χ3n) is 3.57. The summed E-state index contributed by atoms with van der Waals surface area (Å²) >= 11 is 0. The van der Waals surface area contributed by atoms with Gasteiger partial charge in [-0.25, -0.2) is 0 Å². The van der Waals surface area contributed by atoms with Gasteiger partial charge >= 0.3 is 0 Å². The average molecular weight is 329 g/mol. The van der Waals surface area contributed by atoms with Gasteiger partial charge in [0, 0.05) is 26.1 Å². The van der Waals surface area contributed by atoms with Crippen LogP contribution in [0.25, 0.3) is 0 Å². The van der Waals surface area contributed by atoms with Crippen molar-refractivity contribution in [2.45, 2.75) is 25.8 Å². The Balaban J connectivity index is 0.00000242. The maximum Gasteiger partial charge on any atom is 0.222 e. The van der Waals surface area contributed by atoms with E-state index in [-0.39, 0.29) is 19.0 Å². The number of amides is 1. The first-order valence-electron chi connectivity index (χ1n) is 7.60. The molecular formula is C16H25ClN2O3. The minimum Gasteiger partial charge on any atom is -0.491 e. The van der Waals surface area contributed by atoms with Crippen LogP contribution in [-0.2, 0) is 11.3 Å². The van der Waals surface area contributed by atoms with E-state index in [1.807, 2.05) is 29.2 Å². The number of aliphatic hydroxyl groups excluding tert-OH is 1. The van der Waals surface area contributed by atoms with Crippen LogP contribution in [0.3, 0.4) is 0 Å². The highest BCUT2D eigenvalue weighted by Crippen LogP contribution is 2.12. The average Bonchev–Trinajstić information content (AvgIpc) is 2.91. The number of benzene rings is 1. The molecule has 0 bridgehead atoms. The molecule has 0 aliphatic carbocycles. The number of nitrogens with zero attached hydrogens (tertiary/aromatic N) is 1. The van der Waals surface area contributed by atoms with Crippen molar-refractivity contribution in [3.05, 3.63) is 29.8 Å². The lowest BCUT2D eigenvalue weighted by molar-refractivity contribution is -0.127. The molecule has 1 saturated heterocycles. The highest BCUT2D eigenvalue weighted by Gasteiger charge is 2.18. The molecule has 2 N–H and O–H groups in total. The molecule has 0 aromatic heterocycles. The van der Waals surface area contributed by atoms with E-state index in [0.29, 0.717) is 12.5 Å². The van der Waals surface area contributed by atoms with Crippen molar-refractivity contribution in [2.24, 2.45) is 0 Å². The molecule has 0 spiro atoms. The third-order valence-corrected chi connectivity index (χ3v) is 3.57. The second-order valence-corrected chi connectivity index (χ2v) is 5.23. The van der Waals surface area contributed by atoms with Crippen LogP contribution in [0.2, 0.25) is 0 Å². The van der Waals surface area contributed by atoms with E-state index in [1.54, 1.807) is 0 Å². The zero-order chi connectivity index (χ0) is 14.9. The lowest BCUT2D eigenvalue weighted by Gasteiger charge is -2.15. The molecule has 1 heterocycles. The van der Waals surface area contributed by atoms with E-state index in [2.05, 4.69) is 5.32 Å². The maximum absolute atomic E-state index is 11.4. The zero-order valence-corrected chi connectivity index (χ0v) is 13.6. The summed E-state index contributed by atoms with van der Waals surface area (Å²) < 4.78 is 5.31. The van der Waals surface area contributed by atoms with Gasteiger partial charge in [-0.1, -0.05) is 12.1 Å². The Morgan fingerprint density at radius 2 is 2.05 bits per heavy atom. The van der Waals surface area contributed by atoms with E-state index >= 15 is 0 Å². The summed E-state index contributed by atoms with van der Waals surface area (Å²) in [5.74, 6) is 1.08. The molecule has 124 valence electrons. The van der Waals surface area contributed by atoms with E-state index in [0.717, 1.165) is 51.2 Å². The molecule has 1 aliphatic heterocycles. The van der Waals surface area contributed by atoms with Gasteiger partial charge < -0.3 is 20.1 Å². The van der Waals surface area contributed by atoms with Crippen LogP contribution < -0.4 is 10.1 Å². The van der Waals surface area contributed by atoms with Crippen molar-refractivity contribution < 1.29 is 14.6 Å². The van der Waals surface area contributed by atoms with E-state index in [9.17, 15) is 4.79 Å². The minimum absolute atomic E-state index is 0. The molecule has 0 atom stereocenters. The van der Waals surface area contributed by atoms with Crippen LogP contribution in [0.5, 0.6) is 5.75 Å². The molecule has 6 heteroatoms. The van der Waals surface area contributed by atoms with Gasteiger partial charge in [-0.2, -0.15) is 0 Å². The molecule has 1 aromatic rings. The van der Waals surface area contributed by atoms with Crippen molar-refractivity contribution in [2.75, 3.05) is 32.8 Å². The number of hydrogen-bond acceptors (Lipinski definition) is 4. The Morgan fingerprint density at radius 3 is 2.68 bits per heavy atom. The molecule has 1 aromatic carbocycles. The lowest BCUT2D eigenvalue weighted by atomic mass is 10.2. The van der Waals surface area contributed by atoms with E-state index < -0.39 is 0 Å². The molecule has 1 amide bonds. The monoisotopic (exact) mass is 328 g/mol. The normalized spacial score (nSPS) is 14.0. The lowest BCUT2D eigenvalue weighted by Crippen LogP contribution is -2.28. The van der Waals surface area contributed by atoms with Gasteiger partial charge in [0.25, 0.3) is 0 Å². The van der Waals surface area contributed by atoms with Crippen LogP contribution in [0.15, 0.2) is 24.3 Å². The van der Waals surface area contributed by atoms with Gasteiger partial charge in [0.1, 0.15) is 12.4 Å². The molecule has 5 nitrogen and oxygen atoms in total. The van der Waals surface area contributed by atoms with Crippen LogP contribution in [-0.4, -0.2) is 48.8 Å². The Kier molecular flexibility index (Phi) is 8.89. The fourth-order valence-electron chi connectivity index (χ4n) is 2.44. The largest absolute Gasteiger partial charge is 0.491 e. The number of rotatable bonds is 9. The summed E-state index contributed by atoms with van der Waals surface area (Å²) in [6, 6.07) is 7.86. The first-order valence-corrected chi connectivity index (χ1v) is 7.60. The standard InChI is InChI=1S/C16H24N2O3.ClH/c19-11-12-21-15-6-4-14(5-7-15)13-17-8-2-10-18-9-1-3-16(18)20;/h4-7,17,19H,1-3,8-13H2;1H. The smallest absolute Gasteiger partial charge is 0.222 e. The second-order valence-electron chi connectivity index (χ2n) is 5.23. The minimum atomic E-state index is 0. The topological polar surface area (TPSA) is 61.8 Å². The van der Waals surface area contributed by atoms with Crippen LogP contribution >= 0.6 is 12.4 Å². The maximum atomic E-state index is 11.4. The predicted octanol–water partition coefficient (Wildman–Crippen LogP) is 1.58. The van der Waals surface area contributed by atoms with Crippen LogP contribution in [0.1, 0.15) is 24.8 Å². The van der Waals surface area contributed by atoms with Crippen molar-refractivity contribution >= 4 is 18.3 Å². The second kappa shape index (κ2) is 10.4. The third kappa shape index (κ3) is 6.22. The highest BCUT2D eigenvalue weighted by atomic mass is 35.5. The summed E-state index contributed by atoms with van der Waals surface area (Å²) in [6.07, 6.45) is 2.72. The number of hydrogen-bond donors (Lipinski definition) is 2. The van der Waals surface area contributed by atoms with E-state index in [4.69, 9.17) is 9.84 Å². The first kappa shape index (κ1) is 18.7. The van der Waals surface area contributed by atoms with Crippen LogP contribution in [0, 0.1) is 0 Å². The Hall–Kier alpha value is -1.30. The van der Waals surface area contributed by atoms with Crippen molar-refractivity contribution in [3.63, 3.8) is 0 Å². The molecule has 2 rings (SSSR count). The van der Waals surface area contributed by atoms with Gasteiger partial charge in [-0.05, 0) is 37.1 Å². The highest BCUT2D eigenvalue weighted by molar-refractivity contribution is 5.85. The Bertz CT molecular complexity index is 440. The molecule has 0 saturated carbocycles. The molecule has 1 fully saturated rings. The quantitative estimate of drug-likeness (QED) is 0.676. The molecule has 0 radical (unpaired) electrons. The number of nitrogens with one attached hydrogen (secondary N) is 1. The number of likely N-dealkylation sites (tertiary alicyclic amines) is 1. The summed E-state index contributed by atoms with van der Waals surface area (Å²) in [7, 11) is 0. The predicted molar refractivity (Wildman–Crippen MR) is 88.4 cm³/mol. The van der Waals surface area contributed by atoms with Gasteiger partial charge in [0.2, 0.25) is 5.91 Å². The van der Waals surface area contributed by atoms with Gasteiger partial charge in [-0.3, -0.25) is 4.79 Å². The van der Waals surface area contributed by atoms with Crippen molar-refractivity contribution in [3.8, 4) is 5.75 Å². The van der Waals surface area contributed by atoms with Gasteiger partial charge in [0.15, 0.2) is 0 Å². The number of halogens is 1. The fraction of sp³-hybridized carbons (Fsp3) is 0.562. The Morgan fingerprint density at radius 1 is 1.27 bits per heavy atom. The molecule has 1 aliphatic rings. The number of carbonyl (C=O) groups is 1. The summed E-state index contributed by atoms with van der Waals surface area (Å²) in [6.45, 7) is 3.87. The van der Waals surface area contributed by atoms with Gasteiger partial charge in [0.05, 0.1) is 6.61 Å². The number of aliphatic hydroxyl groups is 1. The molecular weight excluding hydrogens is 304 g/mol. The number of ether oxygens (including phenoxy) is 1. The number of carbonyl (C=O) groups excluding carboxylic acids is 1. The molecule has 0 unspecified atom stereocenters. The van der Waals surface area contributed by atoms with Crippen molar-refractivity contribution in [1.29, 1.82) is 0 Å². The summed E-state index contributed by atoms with van der Waals surface area (Å²) in [4.78, 5) is 13.4. The SMILES string of the molecule is Cl.O=C1CCCN1CCCNCc1ccc(OCCO)cc1. The van der Waals surface area contributed by atoms with Crippen molar-refractivity contribution in [1.82, 2.24) is 10.2 Å². The first-order chi connectivity index (χ1) is 10.3. The summed E-state index contributed by atoms with van der Waals surface area (Å²) in [5.41, 5.74) is 1.20. The fourth-order valence-corrected chi connectivity index (χ4v) is 2.44. The van der Waals surface area contributed by atoms with Gasteiger partial charge in [-0.15, -0.1) is 12.4 Å². The molecule has 22 heavy (non-hydrogen) atoms.